The summed E-state index contributed by atoms with van der Waals surface area (Å²) in [6.45, 7) is 12.7. The molecule has 1 aliphatic rings. The molecular formula is C29H44N6O3. The Morgan fingerprint density at radius 1 is 1.26 bits per heavy atom. The van der Waals surface area contributed by atoms with E-state index in [1.807, 2.05) is 51.4 Å². The van der Waals surface area contributed by atoms with Gasteiger partial charge in [-0.25, -0.2) is 9.80 Å². The number of amides is 2. The molecule has 0 saturated heterocycles. The third-order valence-corrected chi connectivity index (χ3v) is 6.87. The predicted molar refractivity (Wildman–Crippen MR) is 149 cm³/mol. The molecular weight excluding hydrogens is 480 g/mol. The largest absolute Gasteiger partial charge is 0.442 e. The maximum absolute atomic E-state index is 13.3. The Bertz CT molecular complexity index is 1140. The second kappa shape index (κ2) is 12.0. The van der Waals surface area contributed by atoms with Crippen molar-refractivity contribution in [2.45, 2.75) is 78.2 Å². The first-order chi connectivity index (χ1) is 17.9. The van der Waals surface area contributed by atoms with Gasteiger partial charge in [0.2, 0.25) is 0 Å². The van der Waals surface area contributed by atoms with Crippen LogP contribution in [0, 0.1) is 5.92 Å². The average Bonchev–Trinajstić information content (AvgIpc) is 3.25. The van der Waals surface area contributed by atoms with Crippen LogP contribution in [0.2, 0.25) is 0 Å². The summed E-state index contributed by atoms with van der Waals surface area (Å²) in [5, 5.41) is 14.8. The standard InChI is InChI=1S/C29H44N6O3/c1-9-11-15-35(27(37)38-28(4,5)6)34(8)19-24(25(36)30-10-2)22-13-12-14-23(16-22)29(17-21(3)18-29)26-32-31-20-33(26)7/h12-14,16,19-21H,9-11,15,17-18H2,1-8H3,(H,30,36)/b24-19-. The van der Waals surface area contributed by atoms with Gasteiger partial charge in [-0.05, 0) is 70.1 Å². The van der Waals surface area contributed by atoms with Crippen LogP contribution in [0.25, 0.3) is 5.57 Å². The lowest BCUT2D eigenvalue weighted by Crippen LogP contribution is -2.45. The lowest BCUT2D eigenvalue weighted by molar-refractivity contribution is -0.115. The van der Waals surface area contributed by atoms with Crippen molar-refractivity contribution >= 4 is 17.6 Å². The molecule has 208 valence electrons. The molecule has 0 radical (unpaired) electrons. The van der Waals surface area contributed by atoms with Gasteiger partial charge in [0.05, 0.1) is 11.0 Å². The number of aryl methyl sites for hydroxylation is 1. The Hall–Kier alpha value is -3.36. The molecule has 9 nitrogen and oxygen atoms in total. The van der Waals surface area contributed by atoms with Crippen LogP contribution < -0.4 is 5.32 Å². The van der Waals surface area contributed by atoms with E-state index in [-0.39, 0.29) is 11.3 Å². The van der Waals surface area contributed by atoms with Crippen molar-refractivity contribution < 1.29 is 14.3 Å². The second-order valence-electron chi connectivity index (χ2n) is 11.4. The number of hydrazine groups is 1. The molecule has 0 spiro atoms. The van der Waals surface area contributed by atoms with Gasteiger partial charge < -0.3 is 14.6 Å². The van der Waals surface area contributed by atoms with E-state index >= 15 is 0 Å². The van der Waals surface area contributed by atoms with Gasteiger partial charge in [0, 0.05) is 33.4 Å². The van der Waals surface area contributed by atoms with Gasteiger partial charge in [-0.1, -0.05) is 38.5 Å². The Morgan fingerprint density at radius 3 is 2.53 bits per heavy atom. The zero-order valence-corrected chi connectivity index (χ0v) is 24.2. The first-order valence-electron chi connectivity index (χ1n) is 13.6. The van der Waals surface area contributed by atoms with E-state index in [9.17, 15) is 9.59 Å². The van der Waals surface area contributed by atoms with Crippen LogP contribution in [-0.2, 0) is 22.0 Å². The van der Waals surface area contributed by atoms with Gasteiger partial charge in [-0.15, -0.1) is 10.2 Å². The molecule has 2 aromatic rings. The predicted octanol–water partition coefficient (Wildman–Crippen LogP) is 4.89. The van der Waals surface area contributed by atoms with Gasteiger partial charge in [-0.3, -0.25) is 9.80 Å². The molecule has 3 rings (SSSR count). The normalized spacial score (nSPS) is 19.5. The van der Waals surface area contributed by atoms with Crippen molar-refractivity contribution in [1.29, 1.82) is 0 Å². The molecule has 0 unspecified atom stereocenters. The number of rotatable bonds is 10. The summed E-state index contributed by atoms with van der Waals surface area (Å²) in [6, 6.07) is 8.12. The van der Waals surface area contributed by atoms with Crippen molar-refractivity contribution in [3.05, 3.63) is 53.7 Å². The van der Waals surface area contributed by atoms with Gasteiger partial charge in [0.15, 0.2) is 0 Å². The monoisotopic (exact) mass is 524 g/mol. The molecule has 1 aromatic carbocycles. The molecule has 1 aromatic heterocycles. The van der Waals surface area contributed by atoms with E-state index in [4.69, 9.17) is 4.74 Å². The van der Waals surface area contributed by atoms with E-state index in [0.29, 0.717) is 24.6 Å². The third-order valence-electron chi connectivity index (χ3n) is 6.87. The number of benzene rings is 1. The van der Waals surface area contributed by atoms with Crippen molar-refractivity contribution in [2.24, 2.45) is 13.0 Å². The Labute approximate surface area is 227 Å². The number of hydrogen-bond donors (Lipinski definition) is 1. The van der Waals surface area contributed by atoms with Crippen molar-refractivity contribution in [1.82, 2.24) is 30.1 Å². The minimum absolute atomic E-state index is 0.203. The van der Waals surface area contributed by atoms with E-state index in [1.54, 1.807) is 29.6 Å². The summed E-state index contributed by atoms with van der Waals surface area (Å²) < 4.78 is 7.65. The Kier molecular flexibility index (Phi) is 9.22. The number of ether oxygens (including phenoxy) is 1. The minimum atomic E-state index is -0.628. The molecule has 1 heterocycles. The van der Waals surface area contributed by atoms with E-state index in [2.05, 4.69) is 41.5 Å². The topological polar surface area (TPSA) is 92.6 Å². The Balaban J connectivity index is 2.04. The maximum Gasteiger partial charge on any atom is 0.429 e. The van der Waals surface area contributed by atoms with Crippen LogP contribution in [0.4, 0.5) is 4.79 Å². The molecule has 38 heavy (non-hydrogen) atoms. The Morgan fingerprint density at radius 2 is 1.97 bits per heavy atom. The SMILES string of the molecule is CCCCN(C(=O)OC(C)(C)C)N(C)/C=C(\C(=O)NCC)c1cccc(C2(c3nncn3C)CC(C)C2)c1. The molecule has 2 amide bonds. The highest BCUT2D eigenvalue weighted by Gasteiger charge is 2.48. The fourth-order valence-electron chi connectivity index (χ4n) is 5.16. The van der Waals surface area contributed by atoms with Gasteiger partial charge in [0.1, 0.15) is 17.8 Å². The minimum Gasteiger partial charge on any atom is -0.442 e. The van der Waals surface area contributed by atoms with Crippen LogP contribution in [0.5, 0.6) is 0 Å². The lowest BCUT2D eigenvalue weighted by Gasteiger charge is -2.46. The third kappa shape index (κ3) is 6.55. The quantitative estimate of drug-likeness (QED) is 0.351. The van der Waals surface area contributed by atoms with Crippen LogP contribution >= 0.6 is 0 Å². The fourth-order valence-corrected chi connectivity index (χ4v) is 5.16. The fraction of sp³-hybridized carbons (Fsp3) is 0.586. The van der Waals surface area contributed by atoms with Crippen molar-refractivity contribution in [3.63, 3.8) is 0 Å². The highest BCUT2D eigenvalue weighted by Crippen LogP contribution is 2.51. The van der Waals surface area contributed by atoms with Crippen LogP contribution in [-0.4, -0.2) is 62.5 Å². The molecule has 0 aliphatic heterocycles. The van der Waals surface area contributed by atoms with E-state index in [1.165, 1.54) is 0 Å². The summed E-state index contributed by atoms with van der Waals surface area (Å²) in [7, 11) is 3.75. The number of unbranched alkanes of at least 4 members (excludes halogenated alkanes) is 1. The van der Waals surface area contributed by atoms with E-state index < -0.39 is 11.7 Å². The molecule has 9 heteroatoms. The summed E-state index contributed by atoms with van der Waals surface area (Å²) in [5.74, 6) is 1.30. The highest BCUT2D eigenvalue weighted by molar-refractivity contribution is 6.19. The zero-order chi connectivity index (χ0) is 28.1. The van der Waals surface area contributed by atoms with Gasteiger partial charge in [0.25, 0.3) is 5.91 Å². The summed E-state index contributed by atoms with van der Waals surface area (Å²) in [5.41, 5.74) is 1.49. The number of carbonyl (C=O) groups excluding carboxylic acids is 2. The summed E-state index contributed by atoms with van der Waals surface area (Å²) in [6.07, 6.45) is 6.67. The lowest BCUT2D eigenvalue weighted by atomic mass is 9.58. The summed E-state index contributed by atoms with van der Waals surface area (Å²) >= 11 is 0. The van der Waals surface area contributed by atoms with Gasteiger partial charge in [-0.2, -0.15) is 0 Å². The zero-order valence-electron chi connectivity index (χ0n) is 24.2. The first-order valence-corrected chi connectivity index (χ1v) is 13.6. The average molecular weight is 525 g/mol. The molecule has 0 bridgehead atoms. The number of nitrogens with zero attached hydrogens (tertiary/aromatic N) is 5. The van der Waals surface area contributed by atoms with Crippen molar-refractivity contribution in [2.75, 3.05) is 20.1 Å². The number of nitrogens with one attached hydrogen (secondary N) is 1. The van der Waals surface area contributed by atoms with Gasteiger partial charge >= 0.3 is 6.09 Å². The molecule has 0 atom stereocenters. The first kappa shape index (κ1) is 29.2. The second-order valence-corrected chi connectivity index (χ2v) is 11.4. The molecule has 1 N–H and O–H groups in total. The summed E-state index contributed by atoms with van der Waals surface area (Å²) in [4.78, 5) is 26.4. The molecule has 1 fully saturated rings. The number of carbonyl (C=O) groups is 2. The van der Waals surface area contributed by atoms with Crippen molar-refractivity contribution in [3.8, 4) is 0 Å². The van der Waals surface area contributed by atoms with Crippen LogP contribution in [0.1, 0.15) is 84.2 Å². The number of aromatic nitrogens is 3. The number of likely N-dealkylation sites (N-methyl/N-ethyl adjacent to an activating group) is 1. The van der Waals surface area contributed by atoms with E-state index in [0.717, 1.165) is 42.6 Å². The molecule has 1 saturated carbocycles. The highest BCUT2D eigenvalue weighted by atomic mass is 16.6. The van der Waals surface area contributed by atoms with Crippen LogP contribution in [0.15, 0.2) is 36.8 Å². The maximum atomic E-state index is 13.3. The number of hydrogen-bond acceptors (Lipinski definition) is 6. The molecule has 1 aliphatic carbocycles. The van der Waals surface area contributed by atoms with Crippen LogP contribution in [0.3, 0.4) is 0 Å². The smallest absolute Gasteiger partial charge is 0.429 e.